The Morgan fingerprint density at radius 1 is 1.08 bits per heavy atom. The number of aromatic nitrogens is 1. The summed E-state index contributed by atoms with van der Waals surface area (Å²) in [6.07, 6.45) is 5.39. The topological polar surface area (TPSA) is 92.3 Å². The molecular formula is C27H30N4O5. The summed E-state index contributed by atoms with van der Waals surface area (Å²) in [7, 11) is 3.34. The van der Waals surface area contributed by atoms with Crippen LogP contribution in [0.1, 0.15) is 41.6 Å². The van der Waals surface area contributed by atoms with E-state index < -0.39 is 6.10 Å². The molecule has 0 radical (unpaired) electrons. The van der Waals surface area contributed by atoms with Gasteiger partial charge in [0, 0.05) is 50.9 Å². The molecule has 36 heavy (non-hydrogen) atoms. The van der Waals surface area contributed by atoms with Crippen molar-refractivity contribution in [3.8, 4) is 11.6 Å². The predicted molar refractivity (Wildman–Crippen MR) is 131 cm³/mol. The lowest BCUT2D eigenvalue weighted by Crippen LogP contribution is -2.36. The minimum absolute atomic E-state index is 0.0357. The molecule has 0 spiro atoms. The van der Waals surface area contributed by atoms with Crippen LogP contribution >= 0.6 is 0 Å². The first kappa shape index (κ1) is 22.8. The van der Waals surface area contributed by atoms with Gasteiger partial charge >= 0.3 is 0 Å². The Kier molecular flexibility index (Phi) is 5.58. The maximum atomic E-state index is 13.1. The molecule has 9 nitrogen and oxygen atoms in total. The van der Waals surface area contributed by atoms with Crippen LogP contribution in [0.25, 0.3) is 0 Å². The largest absolute Gasteiger partial charge is 0.479 e. The molecule has 2 saturated carbocycles. The van der Waals surface area contributed by atoms with Crippen molar-refractivity contribution in [1.29, 1.82) is 0 Å². The third-order valence-electron chi connectivity index (χ3n) is 7.74. The Labute approximate surface area is 210 Å². The highest BCUT2D eigenvalue weighted by Gasteiger charge is 2.47. The summed E-state index contributed by atoms with van der Waals surface area (Å²) in [5, 5.41) is 0. The van der Waals surface area contributed by atoms with Crippen LogP contribution in [0.3, 0.4) is 0 Å². The zero-order valence-electron chi connectivity index (χ0n) is 20.6. The van der Waals surface area contributed by atoms with Gasteiger partial charge in [-0.15, -0.1) is 0 Å². The Bertz CT molecular complexity index is 1200. The van der Waals surface area contributed by atoms with Gasteiger partial charge in [-0.25, -0.2) is 4.98 Å². The molecule has 1 aromatic carbocycles. The summed E-state index contributed by atoms with van der Waals surface area (Å²) in [6.45, 7) is 0.925. The van der Waals surface area contributed by atoms with E-state index in [9.17, 15) is 14.4 Å². The van der Waals surface area contributed by atoms with E-state index in [0.29, 0.717) is 42.4 Å². The number of anilines is 1. The number of amides is 3. The lowest BCUT2D eigenvalue weighted by atomic mass is 10.1. The highest BCUT2D eigenvalue weighted by molar-refractivity contribution is 6.03. The van der Waals surface area contributed by atoms with Crippen molar-refractivity contribution in [2.24, 2.45) is 11.8 Å². The monoisotopic (exact) mass is 490 g/mol. The highest BCUT2D eigenvalue weighted by atomic mass is 16.5. The van der Waals surface area contributed by atoms with E-state index in [2.05, 4.69) is 4.98 Å². The minimum atomic E-state index is -0.612. The average molecular weight is 491 g/mol. The van der Waals surface area contributed by atoms with Gasteiger partial charge in [-0.05, 0) is 54.9 Å². The average Bonchev–Trinajstić information content (AvgIpc) is 3.15. The molecular weight excluding hydrogens is 460 g/mol. The molecule has 3 heterocycles. The second-order valence-corrected chi connectivity index (χ2v) is 10.5. The number of carbonyl (C=O) groups excluding carboxylic acids is 3. The van der Waals surface area contributed by atoms with Crippen molar-refractivity contribution in [2.45, 2.75) is 44.4 Å². The van der Waals surface area contributed by atoms with Gasteiger partial charge < -0.3 is 24.2 Å². The molecule has 2 aliphatic carbocycles. The molecule has 1 aromatic heterocycles. The van der Waals surface area contributed by atoms with Crippen molar-refractivity contribution in [3.63, 3.8) is 0 Å². The smallest absolute Gasteiger partial charge is 0.268 e. The molecule has 2 aliphatic heterocycles. The number of pyridine rings is 1. The summed E-state index contributed by atoms with van der Waals surface area (Å²) >= 11 is 0. The van der Waals surface area contributed by atoms with Crippen LogP contribution in [0.5, 0.6) is 11.6 Å². The lowest BCUT2D eigenvalue weighted by Gasteiger charge is -2.18. The van der Waals surface area contributed by atoms with Gasteiger partial charge in [0.2, 0.25) is 11.8 Å². The van der Waals surface area contributed by atoms with Gasteiger partial charge in [0.15, 0.2) is 6.10 Å². The molecule has 3 fully saturated rings. The molecule has 4 aliphatic rings. The van der Waals surface area contributed by atoms with Crippen molar-refractivity contribution in [1.82, 2.24) is 14.8 Å². The summed E-state index contributed by atoms with van der Waals surface area (Å²) in [5.41, 5.74) is 2.06. The second-order valence-electron chi connectivity index (χ2n) is 10.5. The predicted octanol–water partition coefficient (Wildman–Crippen LogP) is 2.49. The fraction of sp³-hybridized carbons (Fsp3) is 0.481. The Balaban J connectivity index is 1.07. The van der Waals surface area contributed by atoms with Crippen LogP contribution in [-0.2, 0) is 16.1 Å². The molecule has 1 saturated heterocycles. The molecule has 188 valence electrons. The van der Waals surface area contributed by atoms with E-state index in [1.165, 1.54) is 16.2 Å². The highest BCUT2D eigenvalue weighted by Crippen LogP contribution is 2.52. The van der Waals surface area contributed by atoms with Crippen molar-refractivity contribution < 1.29 is 23.9 Å². The van der Waals surface area contributed by atoms with Crippen LogP contribution in [0.2, 0.25) is 0 Å². The van der Waals surface area contributed by atoms with Crippen molar-refractivity contribution in [2.75, 3.05) is 32.1 Å². The fourth-order valence-corrected chi connectivity index (χ4v) is 5.57. The summed E-state index contributed by atoms with van der Waals surface area (Å²) in [4.78, 5) is 47.1. The van der Waals surface area contributed by atoms with E-state index in [1.54, 1.807) is 43.4 Å². The third kappa shape index (κ3) is 4.27. The molecule has 6 rings (SSSR count). The molecule has 9 heteroatoms. The quantitative estimate of drug-likeness (QED) is 0.592. The maximum Gasteiger partial charge on any atom is 0.268 e. The van der Waals surface area contributed by atoms with Gasteiger partial charge in [0.25, 0.3) is 11.8 Å². The third-order valence-corrected chi connectivity index (χ3v) is 7.74. The van der Waals surface area contributed by atoms with Gasteiger partial charge in [0.05, 0.1) is 6.20 Å². The van der Waals surface area contributed by atoms with Gasteiger partial charge in [-0.3, -0.25) is 14.4 Å². The fourth-order valence-electron chi connectivity index (χ4n) is 5.57. The zero-order chi connectivity index (χ0) is 25.0. The number of benzene rings is 1. The number of likely N-dealkylation sites (N-methyl/N-ethyl adjacent to an activating group) is 1. The lowest BCUT2D eigenvalue weighted by molar-refractivity contribution is -0.129. The van der Waals surface area contributed by atoms with Crippen LogP contribution in [-0.4, -0.2) is 71.9 Å². The van der Waals surface area contributed by atoms with Crippen molar-refractivity contribution >= 4 is 23.4 Å². The van der Waals surface area contributed by atoms with E-state index in [4.69, 9.17) is 9.47 Å². The van der Waals surface area contributed by atoms with Gasteiger partial charge in [-0.2, -0.15) is 0 Å². The van der Waals surface area contributed by atoms with E-state index >= 15 is 0 Å². The standard InChI is InChI=1S/C27H30N4O5/c1-29(2)25(32)15-30-14-16-3-4-19(12-22(16)26(30)33)31-8-7-23(27(31)34)35-20-5-6-24(28-13-20)36-21-10-17-9-18(17)11-21/h3-6,12-13,17-18,21,23H,7-11,14-15H2,1-2H3/t17-,18+,21?,23-/m1/s1. The first-order valence-corrected chi connectivity index (χ1v) is 12.6. The van der Waals surface area contributed by atoms with Crippen LogP contribution in [0, 0.1) is 11.8 Å². The number of ether oxygens (including phenoxy) is 2. The zero-order valence-corrected chi connectivity index (χ0v) is 20.6. The van der Waals surface area contributed by atoms with E-state index in [1.807, 2.05) is 12.1 Å². The molecule has 0 bridgehead atoms. The molecule has 0 N–H and O–H groups in total. The number of fused-ring (bicyclic) bond motifs is 2. The Morgan fingerprint density at radius 3 is 2.61 bits per heavy atom. The second kappa shape index (κ2) is 8.80. The van der Waals surface area contributed by atoms with Crippen LogP contribution in [0.15, 0.2) is 36.5 Å². The minimum Gasteiger partial charge on any atom is -0.479 e. The molecule has 4 atom stereocenters. The Morgan fingerprint density at radius 2 is 1.89 bits per heavy atom. The molecule has 2 aromatic rings. The van der Waals surface area contributed by atoms with Crippen LogP contribution in [0.4, 0.5) is 5.69 Å². The van der Waals surface area contributed by atoms with E-state index in [0.717, 1.165) is 30.2 Å². The van der Waals surface area contributed by atoms with Crippen molar-refractivity contribution in [3.05, 3.63) is 47.7 Å². The maximum absolute atomic E-state index is 13.1. The number of rotatable bonds is 7. The number of hydrogen-bond donors (Lipinski definition) is 0. The molecule has 3 amide bonds. The summed E-state index contributed by atoms with van der Waals surface area (Å²) < 4.78 is 11.9. The first-order chi connectivity index (χ1) is 17.4. The van der Waals surface area contributed by atoms with Crippen LogP contribution < -0.4 is 14.4 Å². The number of hydrogen-bond acceptors (Lipinski definition) is 6. The Hall–Kier alpha value is -3.62. The number of nitrogens with zero attached hydrogens (tertiary/aromatic N) is 4. The van der Waals surface area contributed by atoms with Gasteiger partial charge in [-0.1, -0.05) is 6.07 Å². The summed E-state index contributed by atoms with van der Waals surface area (Å²) in [6, 6.07) is 9.06. The molecule has 1 unspecified atom stereocenters. The normalized spacial score (nSPS) is 26.2. The summed E-state index contributed by atoms with van der Waals surface area (Å²) in [5.74, 6) is 2.36. The first-order valence-electron chi connectivity index (χ1n) is 12.6. The SMILES string of the molecule is CN(C)C(=O)CN1Cc2ccc(N3CC[C@@H](Oc4ccc(OC5C[C@@H]6C[C@@H]6C5)nc4)C3=O)cc2C1=O. The van der Waals surface area contributed by atoms with E-state index in [-0.39, 0.29) is 30.4 Å². The van der Waals surface area contributed by atoms with Gasteiger partial charge in [0.1, 0.15) is 18.4 Å². The number of carbonyl (C=O) groups is 3.